The number of carbonyl (C=O) groups is 2. The summed E-state index contributed by atoms with van der Waals surface area (Å²) >= 11 is 0. The summed E-state index contributed by atoms with van der Waals surface area (Å²) in [4.78, 5) is 31.6. The van der Waals surface area contributed by atoms with Gasteiger partial charge in [-0.05, 0) is 18.4 Å². The molecular formula is C17H20N4O3. The summed E-state index contributed by atoms with van der Waals surface area (Å²) < 4.78 is 5.08. The fourth-order valence-electron chi connectivity index (χ4n) is 2.07. The van der Waals surface area contributed by atoms with E-state index < -0.39 is 12.1 Å². The Bertz CT molecular complexity index is 706. The molecule has 1 aromatic heterocycles. The first-order valence-electron chi connectivity index (χ1n) is 7.59. The molecule has 7 nitrogen and oxygen atoms in total. The summed E-state index contributed by atoms with van der Waals surface area (Å²) in [6, 6.07) is 9.83. The maximum Gasteiger partial charge on any atom is 0.361 e. The number of nitrogens with two attached hydrogens (primary N) is 1. The van der Waals surface area contributed by atoms with Crippen LogP contribution in [0.3, 0.4) is 0 Å². The molecule has 1 aromatic carbocycles. The number of carbonyl (C=O) groups excluding carboxylic acids is 2. The number of nitrogen functional groups attached to an aromatic ring is 1. The molecule has 7 heteroatoms. The predicted octanol–water partition coefficient (Wildman–Crippen LogP) is 1.52. The molecule has 1 heterocycles. The smallest absolute Gasteiger partial charge is 0.361 e. The van der Waals surface area contributed by atoms with Gasteiger partial charge < -0.3 is 15.8 Å². The lowest BCUT2D eigenvalue weighted by Gasteiger charge is -2.16. The van der Waals surface area contributed by atoms with Crippen molar-refractivity contribution in [2.45, 2.75) is 25.9 Å². The number of anilines is 1. The predicted molar refractivity (Wildman–Crippen MR) is 89.2 cm³/mol. The molecule has 2 aromatic rings. The van der Waals surface area contributed by atoms with Gasteiger partial charge in [-0.25, -0.2) is 14.8 Å². The van der Waals surface area contributed by atoms with Gasteiger partial charge in [0.1, 0.15) is 0 Å². The van der Waals surface area contributed by atoms with E-state index in [4.69, 9.17) is 10.5 Å². The SMILES string of the molecule is C[C@H](OC(=O)c1nccnc1N)C(=O)NC[C@@H](C)c1ccccc1. The van der Waals surface area contributed by atoms with Crippen LogP contribution in [0.15, 0.2) is 42.7 Å². The van der Waals surface area contributed by atoms with Crippen molar-refractivity contribution in [3.05, 3.63) is 54.0 Å². The molecule has 0 aliphatic rings. The number of hydrogen-bond acceptors (Lipinski definition) is 6. The van der Waals surface area contributed by atoms with Crippen LogP contribution in [0.2, 0.25) is 0 Å². The fraction of sp³-hybridized carbons (Fsp3) is 0.294. The molecule has 0 saturated carbocycles. The Kier molecular flexibility index (Phi) is 5.83. The molecule has 1 amide bonds. The zero-order valence-electron chi connectivity index (χ0n) is 13.6. The molecule has 0 fully saturated rings. The minimum Gasteiger partial charge on any atom is -0.448 e. The molecular weight excluding hydrogens is 308 g/mol. The maximum absolute atomic E-state index is 12.1. The Morgan fingerprint density at radius 3 is 2.50 bits per heavy atom. The molecule has 126 valence electrons. The van der Waals surface area contributed by atoms with Crippen LogP contribution in [0.5, 0.6) is 0 Å². The summed E-state index contributed by atoms with van der Waals surface area (Å²) in [5, 5.41) is 2.77. The molecule has 0 radical (unpaired) electrons. The van der Waals surface area contributed by atoms with Crippen LogP contribution < -0.4 is 11.1 Å². The quantitative estimate of drug-likeness (QED) is 0.779. The van der Waals surface area contributed by atoms with E-state index >= 15 is 0 Å². The number of rotatable bonds is 6. The number of nitrogens with zero attached hydrogens (tertiary/aromatic N) is 2. The highest BCUT2D eigenvalue weighted by Gasteiger charge is 2.22. The second-order valence-electron chi connectivity index (χ2n) is 5.39. The summed E-state index contributed by atoms with van der Waals surface area (Å²) in [6.45, 7) is 3.94. The number of esters is 1. The van der Waals surface area contributed by atoms with Crippen LogP contribution >= 0.6 is 0 Å². The van der Waals surface area contributed by atoms with E-state index in [1.54, 1.807) is 0 Å². The summed E-state index contributed by atoms with van der Waals surface area (Å²) in [6.07, 6.45) is 1.74. The standard InChI is InChI=1S/C17H20N4O3/c1-11(13-6-4-3-5-7-13)10-21-16(22)12(2)24-17(23)14-15(18)20-9-8-19-14/h3-9,11-12H,10H2,1-2H3,(H2,18,20)(H,21,22)/t11-,12+/m1/s1. The van der Waals surface area contributed by atoms with Crippen LogP contribution in [0.1, 0.15) is 35.8 Å². The summed E-state index contributed by atoms with van der Waals surface area (Å²) in [7, 11) is 0. The number of nitrogens with one attached hydrogen (secondary N) is 1. The minimum absolute atomic E-state index is 0.0344. The lowest BCUT2D eigenvalue weighted by Crippen LogP contribution is -2.37. The van der Waals surface area contributed by atoms with Crippen LogP contribution in [-0.4, -0.2) is 34.5 Å². The van der Waals surface area contributed by atoms with Crippen LogP contribution in [0.25, 0.3) is 0 Å². The normalized spacial score (nSPS) is 12.9. The second kappa shape index (κ2) is 8.05. The van der Waals surface area contributed by atoms with E-state index in [0.29, 0.717) is 6.54 Å². The van der Waals surface area contributed by atoms with Crippen molar-refractivity contribution in [1.82, 2.24) is 15.3 Å². The molecule has 0 aliphatic heterocycles. The largest absolute Gasteiger partial charge is 0.448 e. The second-order valence-corrected chi connectivity index (χ2v) is 5.39. The molecule has 0 unspecified atom stereocenters. The van der Waals surface area contributed by atoms with E-state index in [0.717, 1.165) is 5.56 Å². The van der Waals surface area contributed by atoms with Gasteiger partial charge in [-0.15, -0.1) is 0 Å². The van der Waals surface area contributed by atoms with Crippen LogP contribution in [0.4, 0.5) is 5.82 Å². The third kappa shape index (κ3) is 4.52. The Morgan fingerprint density at radius 1 is 1.17 bits per heavy atom. The van der Waals surface area contributed by atoms with E-state index in [-0.39, 0.29) is 23.3 Å². The van der Waals surface area contributed by atoms with Gasteiger partial charge in [-0.1, -0.05) is 37.3 Å². The highest BCUT2D eigenvalue weighted by molar-refractivity contribution is 5.93. The lowest BCUT2D eigenvalue weighted by atomic mass is 10.0. The summed E-state index contributed by atoms with van der Waals surface area (Å²) in [5.74, 6) is -1.05. The van der Waals surface area contributed by atoms with E-state index in [1.165, 1.54) is 19.3 Å². The van der Waals surface area contributed by atoms with Gasteiger partial charge in [0.2, 0.25) is 0 Å². The van der Waals surface area contributed by atoms with Crippen molar-refractivity contribution in [3.63, 3.8) is 0 Å². The Hall–Kier alpha value is -2.96. The third-order valence-corrected chi connectivity index (χ3v) is 3.52. The van der Waals surface area contributed by atoms with Gasteiger partial charge >= 0.3 is 5.97 Å². The fourth-order valence-corrected chi connectivity index (χ4v) is 2.07. The first-order valence-corrected chi connectivity index (χ1v) is 7.59. The maximum atomic E-state index is 12.1. The number of hydrogen-bond donors (Lipinski definition) is 2. The average Bonchev–Trinajstić information content (AvgIpc) is 2.60. The minimum atomic E-state index is -0.957. The molecule has 24 heavy (non-hydrogen) atoms. The number of benzene rings is 1. The molecule has 0 saturated heterocycles. The third-order valence-electron chi connectivity index (χ3n) is 3.52. The van der Waals surface area contributed by atoms with E-state index in [9.17, 15) is 9.59 Å². The lowest BCUT2D eigenvalue weighted by molar-refractivity contribution is -0.129. The average molecular weight is 328 g/mol. The van der Waals surface area contributed by atoms with Crippen molar-refractivity contribution in [2.24, 2.45) is 0 Å². The van der Waals surface area contributed by atoms with Crippen LogP contribution in [0, 0.1) is 0 Å². The van der Waals surface area contributed by atoms with Crippen molar-refractivity contribution in [2.75, 3.05) is 12.3 Å². The topological polar surface area (TPSA) is 107 Å². The first kappa shape index (κ1) is 17.4. The molecule has 0 aliphatic carbocycles. The Balaban J connectivity index is 1.86. The van der Waals surface area contributed by atoms with Gasteiger partial charge in [0.05, 0.1) is 0 Å². The molecule has 3 N–H and O–H groups in total. The monoisotopic (exact) mass is 328 g/mol. The number of ether oxygens (including phenoxy) is 1. The van der Waals surface area contributed by atoms with Gasteiger partial charge in [0.25, 0.3) is 5.91 Å². The molecule has 0 spiro atoms. The molecule has 2 rings (SSSR count). The first-order chi connectivity index (χ1) is 11.5. The van der Waals surface area contributed by atoms with Gasteiger partial charge in [0, 0.05) is 18.9 Å². The Labute approximate surface area is 140 Å². The summed E-state index contributed by atoms with van der Waals surface area (Å²) in [5.41, 5.74) is 6.58. The zero-order chi connectivity index (χ0) is 17.5. The van der Waals surface area contributed by atoms with Crippen molar-refractivity contribution in [1.29, 1.82) is 0 Å². The molecule has 2 atom stereocenters. The van der Waals surface area contributed by atoms with Crippen molar-refractivity contribution in [3.8, 4) is 0 Å². The van der Waals surface area contributed by atoms with Gasteiger partial charge in [0.15, 0.2) is 17.6 Å². The van der Waals surface area contributed by atoms with Crippen molar-refractivity contribution >= 4 is 17.7 Å². The highest BCUT2D eigenvalue weighted by Crippen LogP contribution is 2.13. The number of amides is 1. The van der Waals surface area contributed by atoms with Crippen molar-refractivity contribution < 1.29 is 14.3 Å². The highest BCUT2D eigenvalue weighted by atomic mass is 16.5. The van der Waals surface area contributed by atoms with Gasteiger partial charge in [-0.3, -0.25) is 4.79 Å². The van der Waals surface area contributed by atoms with E-state index in [1.807, 2.05) is 37.3 Å². The van der Waals surface area contributed by atoms with Crippen LogP contribution in [-0.2, 0) is 9.53 Å². The Morgan fingerprint density at radius 2 is 1.83 bits per heavy atom. The van der Waals surface area contributed by atoms with E-state index in [2.05, 4.69) is 15.3 Å². The zero-order valence-corrected chi connectivity index (χ0v) is 13.6. The number of aromatic nitrogens is 2. The molecule has 0 bridgehead atoms. The van der Waals surface area contributed by atoms with Gasteiger partial charge in [-0.2, -0.15) is 0 Å².